The SMILES string of the molecule is CCOC(Br)(OCC)[SiH2]C.[H-].[H-].[Mg+2]. The fourth-order valence-electron chi connectivity index (χ4n) is 0.677. The van der Waals surface area contributed by atoms with E-state index in [0.29, 0.717) is 13.2 Å². The van der Waals surface area contributed by atoms with Crippen LogP contribution in [0, 0.1) is 0 Å². The maximum atomic E-state index is 5.38. The standard InChI is InChI=1S/C6H15BrO2Si.Mg.2H/c1-4-8-6(7,10-3)9-5-2;;;/h4-5,10H2,1-3H3;;;/q;+2;2*-1. The average Bonchev–Trinajstić information content (AvgIpc) is 1.89. The molecule has 2 nitrogen and oxygen atoms in total. The first-order valence-electron chi connectivity index (χ1n) is 3.65. The van der Waals surface area contributed by atoms with Crippen molar-refractivity contribution in [2.45, 2.75) is 24.7 Å². The normalized spacial score (nSPS) is 12.0. The van der Waals surface area contributed by atoms with Gasteiger partial charge in [-0.15, -0.1) is 0 Å². The second kappa shape index (κ2) is 8.00. The molecule has 0 aliphatic carbocycles. The molecule has 0 heterocycles. The molecule has 0 spiro atoms. The van der Waals surface area contributed by atoms with Gasteiger partial charge in [-0.3, -0.25) is 0 Å². The molecule has 0 aliphatic heterocycles. The molecule has 0 saturated heterocycles. The van der Waals surface area contributed by atoms with Gasteiger partial charge in [-0.25, -0.2) is 0 Å². The molecule has 0 aromatic heterocycles. The van der Waals surface area contributed by atoms with Gasteiger partial charge in [-0.1, -0.05) is 6.55 Å². The third kappa shape index (κ3) is 6.54. The Kier molecular flexibility index (Phi) is 10.8. The molecule has 0 rings (SSSR count). The monoisotopic (exact) mass is 252 g/mol. The molecule has 0 aromatic rings. The van der Waals surface area contributed by atoms with Crippen LogP contribution in [0.1, 0.15) is 16.7 Å². The molecule has 0 bridgehead atoms. The first-order valence-corrected chi connectivity index (χ1v) is 6.56. The van der Waals surface area contributed by atoms with Crippen LogP contribution in [0.5, 0.6) is 0 Å². The van der Waals surface area contributed by atoms with Gasteiger partial charge in [0.25, 0.3) is 0 Å². The molecule has 0 aliphatic rings. The predicted molar refractivity (Wildman–Crippen MR) is 57.3 cm³/mol. The Morgan fingerprint density at radius 3 is 1.91 bits per heavy atom. The molecule has 0 amide bonds. The van der Waals surface area contributed by atoms with Crippen molar-refractivity contribution < 1.29 is 12.3 Å². The van der Waals surface area contributed by atoms with Crippen LogP contribution < -0.4 is 0 Å². The van der Waals surface area contributed by atoms with Gasteiger partial charge >= 0.3 is 23.1 Å². The Morgan fingerprint density at radius 1 is 1.36 bits per heavy atom. The second-order valence-corrected chi connectivity index (χ2v) is 5.76. The predicted octanol–water partition coefficient (Wildman–Crippen LogP) is 1.13. The van der Waals surface area contributed by atoms with Gasteiger partial charge in [0.05, 0.1) is 0 Å². The van der Waals surface area contributed by atoms with E-state index in [1.807, 2.05) is 13.8 Å². The number of alkyl halides is 1. The van der Waals surface area contributed by atoms with Crippen molar-refractivity contribution in [2.75, 3.05) is 13.2 Å². The third-order valence-corrected chi connectivity index (χ3v) is 4.53. The molecule has 66 valence electrons. The second-order valence-electron chi connectivity index (χ2n) is 1.88. The van der Waals surface area contributed by atoms with Gasteiger partial charge < -0.3 is 12.3 Å². The zero-order valence-corrected chi connectivity index (χ0v) is 11.9. The summed E-state index contributed by atoms with van der Waals surface area (Å²) in [4.78, 5) is 0. The maximum Gasteiger partial charge on any atom is 2.00 e. The number of hydrogen-bond donors (Lipinski definition) is 0. The molecule has 0 atom stereocenters. The first kappa shape index (κ1) is 14.9. The first-order chi connectivity index (χ1) is 4.68. The smallest absolute Gasteiger partial charge is 1.00 e. The van der Waals surface area contributed by atoms with Gasteiger partial charge in [-0.05, 0) is 29.8 Å². The van der Waals surface area contributed by atoms with E-state index in [4.69, 9.17) is 9.47 Å². The molecule has 0 radical (unpaired) electrons. The summed E-state index contributed by atoms with van der Waals surface area (Å²) < 4.78 is 10.3. The van der Waals surface area contributed by atoms with E-state index in [9.17, 15) is 0 Å². The van der Waals surface area contributed by atoms with Crippen LogP contribution in [0.4, 0.5) is 0 Å². The zero-order chi connectivity index (χ0) is 8.04. The number of halogens is 1. The molecule has 11 heavy (non-hydrogen) atoms. The Morgan fingerprint density at radius 2 is 1.73 bits per heavy atom. The van der Waals surface area contributed by atoms with E-state index in [1.165, 1.54) is 0 Å². The Balaban J connectivity index is -0.000000135. The fraction of sp³-hybridized carbons (Fsp3) is 1.00. The summed E-state index contributed by atoms with van der Waals surface area (Å²) in [6.07, 6.45) is 0. The third-order valence-electron chi connectivity index (χ3n) is 1.14. The molecule has 0 N–H and O–H groups in total. The summed E-state index contributed by atoms with van der Waals surface area (Å²) in [6.45, 7) is 7.50. The molecular formula is C6H17BrMgO2Si. The number of hydrogen-bond acceptors (Lipinski definition) is 2. The molecule has 5 heteroatoms. The Hall–Kier alpha value is 1.38. The van der Waals surface area contributed by atoms with Crippen molar-refractivity contribution in [3.8, 4) is 0 Å². The van der Waals surface area contributed by atoms with E-state index < -0.39 is 4.32 Å². The zero-order valence-electron chi connectivity index (χ0n) is 9.52. The van der Waals surface area contributed by atoms with Crippen molar-refractivity contribution >= 4 is 48.5 Å². The van der Waals surface area contributed by atoms with Crippen molar-refractivity contribution in [3.63, 3.8) is 0 Å². The average molecular weight is 253 g/mol. The van der Waals surface area contributed by atoms with Crippen LogP contribution >= 0.6 is 15.9 Å². The fourth-order valence-corrected chi connectivity index (χ4v) is 1.95. The van der Waals surface area contributed by atoms with E-state index in [0.717, 1.165) is 0 Å². The molecule has 0 fully saturated rings. The Bertz CT molecular complexity index is 96.7. The van der Waals surface area contributed by atoms with Crippen molar-refractivity contribution in [2.24, 2.45) is 0 Å². The molecular weight excluding hydrogens is 236 g/mol. The van der Waals surface area contributed by atoms with Crippen LogP contribution in [0.2, 0.25) is 6.55 Å². The van der Waals surface area contributed by atoms with Gasteiger partial charge in [0.1, 0.15) is 9.52 Å². The van der Waals surface area contributed by atoms with Crippen molar-refractivity contribution in [3.05, 3.63) is 0 Å². The van der Waals surface area contributed by atoms with Crippen molar-refractivity contribution in [1.82, 2.24) is 0 Å². The minimum atomic E-state index is -0.406. The molecule has 0 unspecified atom stereocenters. The molecule has 0 aromatic carbocycles. The van der Waals surface area contributed by atoms with Crippen LogP contribution in [0.3, 0.4) is 0 Å². The van der Waals surface area contributed by atoms with Crippen LogP contribution in [0.25, 0.3) is 0 Å². The summed E-state index contributed by atoms with van der Waals surface area (Å²) in [5.41, 5.74) is 0. The van der Waals surface area contributed by atoms with Crippen LogP contribution in [-0.4, -0.2) is 50.1 Å². The van der Waals surface area contributed by atoms with E-state index in [-0.39, 0.29) is 35.4 Å². The van der Waals surface area contributed by atoms with Gasteiger partial charge in [-0.2, -0.15) is 0 Å². The van der Waals surface area contributed by atoms with E-state index in [2.05, 4.69) is 22.5 Å². The van der Waals surface area contributed by atoms with Crippen LogP contribution in [0.15, 0.2) is 0 Å². The number of ether oxygens (including phenoxy) is 2. The summed E-state index contributed by atoms with van der Waals surface area (Å²) in [7, 11) is -0.318. The van der Waals surface area contributed by atoms with Crippen LogP contribution in [-0.2, 0) is 9.47 Å². The quantitative estimate of drug-likeness (QED) is 0.415. The minimum absolute atomic E-state index is 0. The summed E-state index contributed by atoms with van der Waals surface area (Å²) >= 11 is 3.42. The minimum Gasteiger partial charge on any atom is -1.00 e. The van der Waals surface area contributed by atoms with Crippen molar-refractivity contribution in [1.29, 1.82) is 0 Å². The summed E-state index contributed by atoms with van der Waals surface area (Å²) in [5.74, 6) is 0. The maximum absolute atomic E-state index is 5.38. The van der Waals surface area contributed by atoms with E-state index in [1.54, 1.807) is 0 Å². The topological polar surface area (TPSA) is 18.5 Å². The summed E-state index contributed by atoms with van der Waals surface area (Å²) in [6, 6.07) is 0. The van der Waals surface area contributed by atoms with Gasteiger partial charge in [0, 0.05) is 13.2 Å². The van der Waals surface area contributed by atoms with Gasteiger partial charge in [0.15, 0.2) is 4.32 Å². The summed E-state index contributed by atoms with van der Waals surface area (Å²) in [5, 5.41) is 0. The molecule has 0 saturated carbocycles. The number of rotatable bonds is 5. The Labute approximate surface area is 98.5 Å². The largest absolute Gasteiger partial charge is 2.00 e. The van der Waals surface area contributed by atoms with E-state index >= 15 is 0 Å². The van der Waals surface area contributed by atoms with Gasteiger partial charge in [0.2, 0.25) is 0 Å².